The van der Waals surface area contributed by atoms with Gasteiger partial charge in [-0.2, -0.15) is 0 Å². The number of carboxylic acids is 1. The fourth-order valence-electron chi connectivity index (χ4n) is 2.39. The summed E-state index contributed by atoms with van der Waals surface area (Å²) < 4.78 is 5.49. The van der Waals surface area contributed by atoms with E-state index < -0.39 is 24.0 Å². The van der Waals surface area contributed by atoms with Gasteiger partial charge in [0.15, 0.2) is 0 Å². The molecule has 1 heterocycles. The van der Waals surface area contributed by atoms with Gasteiger partial charge < -0.3 is 19.8 Å². The monoisotopic (exact) mass is 293 g/mol. The molecule has 0 radical (unpaired) electrons. The lowest BCUT2D eigenvalue weighted by atomic mass is 10.1. The second-order valence-electron chi connectivity index (χ2n) is 5.39. The first-order chi connectivity index (χ1) is 9.88. The van der Waals surface area contributed by atoms with E-state index in [2.05, 4.69) is 0 Å². The van der Waals surface area contributed by atoms with Gasteiger partial charge in [-0.3, -0.25) is 4.79 Å². The number of carboxylic acid groups (broad SMARTS) is 1. The zero-order valence-corrected chi connectivity index (χ0v) is 12.0. The van der Waals surface area contributed by atoms with E-state index in [9.17, 15) is 14.7 Å². The number of carbonyl (C=O) groups excluding carboxylic acids is 1. The van der Waals surface area contributed by atoms with E-state index in [4.69, 9.17) is 9.84 Å². The number of carbonyl (C=O) groups is 2. The molecular weight excluding hydrogens is 274 g/mol. The number of benzene rings is 1. The van der Waals surface area contributed by atoms with Crippen molar-refractivity contribution in [3.05, 3.63) is 29.8 Å². The van der Waals surface area contributed by atoms with E-state index in [1.807, 2.05) is 13.8 Å². The molecule has 1 aliphatic heterocycles. The number of nitrogens with zero attached hydrogens (tertiary/aromatic N) is 1. The summed E-state index contributed by atoms with van der Waals surface area (Å²) in [6.45, 7) is 3.85. The Bertz CT molecular complexity index is 525. The van der Waals surface area contributed by atoms with Crippen molar-refractivity contribution >= 4 is 11.9 Å². The van der Waals surface area contributed by atoms with Crippen LogP contribution in [0.5, 0.6) is 5.75 Å². The molecule has 2 atom stereocenters. The predicted molar refractivity (Wildman–Crippen MR) is 75.3 cm³/mol. The molecule has 0 bridgehead atoms. The van der Waals surface area contributed by atoms with Crippen molar-refractivity contribution in [1.29, 1.82) is 0 Å². The average molecular weight is 293 g/mol. The summed E-state index contributed by atoms with van der Waals surface area (Å²) in [5, 5.41) is 18.7. The summed E-state index contributed by atoms with van der Waals surface area (Å²) in [6, 6.07) is 5.58. The molecule has 1 aromatic rings. The molecule has 114 valence electrons. The molecule has 2 N–H and O–H groups in total. The molecule has 1 aromatic carbocycles. The first-order valence-corrected chi connectivity index (χ1v) is 6.87. The molecule has 1 unspecified atom stereocenters. The Morgan fingerprint density at radius 3 is 2.43 bits per heavy atom. The van der Waals surface area contributed by atoms with Crippen LogP contribution in [0.2, 0.25) is 0 Å². The highest BCUT2D eigenvalue weighted by atomic mass is 16.5. The number of β-amino-alcohol motifs (C(OH)–C–C–N with tert-alkyl or cyclic N) is 1. The first kappa shape index (κ1) is 15.3. The number of aliphatic hydroxyl groups is 1. The van der Waals surface area contributed by atoms with Crippen molar-refractivity contribution in [3.63, 3.8) is 0 Å². The fraction of sp³-hybridized carbons (Fsp3) is 0.467. The van der Waals surface area contributed by atoms with Gasteiger partial charge in [0.2, 0.25) is 0 Å². The van der Waals surface area contributed by atoms with Gasteiger partial charge in [0.25, 0.3) is 5.91 Å². The molecule has 6 nitrogen and oxygen atoms in total. The Morgan fingerprint density at radius 2 is 1.90 bits per heavy atom. The summed E-state index contributed by atoms with van der Waals surface area (Å²) in [4.78, 5) is 24.7. The molecular formula is C15H19NO5. The third-order valence-electron chi connectivity index (χ3n) is 3.30. The molecule has 0 saturated carbocycles. The Labute approximate surface area is 122 Å². The lowest BCUT2D eigenvalue weighted by Crippen LogP contribution is -2.40. The number of aliphatic carboxylic acids is 1. The third kappa shape index (κ3) is 3.52. The minimum atomic E-state index is -1.10. The molecule has 1 saturated heterocycles. The highest BCUT2D eigenvalue weighted by molar-refractivity contribution is 5.97. The first-order valence-electron chi connectivity index (χ1n) is 6.87. The van der Waals surface area contributed by atoms with Gasteiger partial charge in [-0.15, -0.1) is 0 Å². The van der Waals surface area contributed by atoms with E-state index in [-0.39, 0.29) is 19.1 Å². The Balaban J connectivity index is 2.14. The van der Waals surface area contributed by atoms with Crippen LogP contribution >= 0.6 is 0 Å². The second kappa shape index (κ2) is 6.13. The molecule has 6 heteroatoms. The van der Waals surface area contributed by atoms with E-state index in [1.165, 1.54) is 4.90 Å². The Hall–Kier alpha value is -2.08. The molecule has 1 aliphatic rings. The Morgan fingerprint density at radius 1 is 1.29 bits per heavy atom. The van der Waals surface area contributed by atoms with Crippen molar-refractivity contribution in [2.75, 3.05) is 6.54 Å². The number of likely N-dealkylation sites (tertiary alicyclic amines) is 1. The highest BCUT2D eigenvalue weighted by Gasteiger charge is 2.39. The smallest absolute Gasteiger partial charge is 0.326 e. The van der Waals surface area contributed by atoms with E-state index in [0.717, 1.165) is 0 Å². The van der Waals surface area contributed by atoms with Crippen LogP contribution in [-0.2, 0) is 4.79 Å². The fourth-order valence-corrected chi connectivity index (χ4v) is 2.39. The topological polar surface area (TPSA) is 87.1 Å². The lowest BCUT2D eigenvalue weighted by Gasteiger charge is -2.21. The van der Waals surface area contributed by atoms with Crippen LogP contribution < -0.4 is 4.74 Å². The lowest BCUT2D eigenvalue weighted by molar-refractivity contribution is -0.141. The molecule has 0 aromatic heterocycles. The molecule has 0 aliphatic carbocycles. The van der Waals surface area contributed by atoms with Crippen LogP contribution in [-0.4, -0.2) is 51.8 Å². The van der Waals surface area contributed by atoms with Gasteiger partial charge in [0.1, 0.15) is 11.8 Å². The van der Waals surface area contributed by atoms with E-state index in [1.54, 1.807) is 24.3 Å². The summed E-state index contributed by atoms with van der Waals surface area (Å²) >= 11 is 0. The largest absolute Gasteiger partial charge is 0.491 e. The van der Waals surface area contributed by atoms with Crippen LogP contribution in [0.15, 0.2) is 24.3 Å². The zero-order chi connectivity index (χ0) is 15.6. The summed E-state index contributed by atoms with van der Waals surface area (Å²) in [7, 11) is 0. The number of aliphatic hydroxyl groups excluding tert-OH is 1. The van der Waals surface area contributed by atoms with E-state index in [0.29, 0.717) is 11.3 Å². The highest BCUT2D eigenvalue weighted by Crippen LogP contribution is 2.22. The van der Waals surface area contributed by atoms with Gasteiger partial charge in [-0.25, -0.2) is 4.79 Å². The maximum atomic E-state index is 12.4. The SMILES string of the molecule is CC(C)Oc1ccc(C(=O)N2CC(O)C[C@H]2C(=O)O)cc1. The number of hydrogen-bond acceptors (Lipinski definition) is 4. The zero-order valence-electron chi connectivity index (χ0n) is 12.0. The average Bonchev–Trinajstić information content (AvgIpc) is 2.80. The van der Waals surface area contributed by atoms with Gasteiger partial charge in [0, 0.05) is 18.5 Å². The number of ether oxygens (including phenoxy) is 1. The second-order valence-corrected chi connectivity index (χ2v) is 5.39. The molecule has 21 heavy (non-hydrogen) atoms. The van der Waals surface area contributed by atoms with Crippen molar-refractivity contribution in [2.45, 2.75) is 38.5 Å². The number of amides is 1. The van der Waals surface area contributed by atoms with Crippen molar-refractivity contribution in [3.8, 4) is 5.75 Å². The van der Waals surface area contributed by atoms with Gasteiger partial charge in [0.05, 0.1) is 12.2 Å². The maximum absolute atomic E-state index is 12.4. The van der Waals surface area contributed by atoms with Gasteiger partial charge >= 0.3 is 5.97 Å². The summed E-state index contributed by atoms with van der Waals surface area (Å²) in [5.74, 6) is -0.840. The van der Waals surface area contributed by atoms with Gasteiger partial charge in [-0.05, 0) is 38.1 Å². The normalized spacial score (nSPS) is 21.6. The third-order valence-corrected chi connectivity index (χ3v) is 3.30. The van der Waals surface area contributed by atoms with Gasteiger partial charge in [-0.1, -0.05) is 0 Å². The van der Waals surface area contributed by atoms with Crippen molar-refractivity contribution < 1.29 is 24.5 Å². The molecule has 2 rings (SSSR count). The Kier molecular flexibility index (Phi) is 4.47. The standard InChI is InChI=1S/C15H19NO5/c1-9(2)21-12-5-3-10(4-6-12)14(18)16-8-11(17)7-13(16)15(19)20/h3-6,9,11,13,17H,7-8H2,1-2H3,(H,19,20)/t11?,13-/m0/s1. The minimum Gasteiger partial charge on any atom is -0.491 e. The van der Waals surface area contributed by atoms with Crippen molar-refractivity contribution in [1.82, 2.24) is 4.90 Å². The summed E-state index contributed by atoms with van der Waals surface area (Å²) in [6.07, 6.45) is -0.689. The minimum absolute atomic E-state index is 0.0386. The van der Waals surface area contributed by atoms with Crippen LogP contribution in [0.3, 0.4) is 0 Å². The van der Waals surface area contributed by atoms with Crippen LogP contribution in [0.4, 0.5) is 0 Å². The maximum Gasteiger partial charge on any atom is 0.326 e. The van der Waals surface area contributed by atoms with Crippen LogP contribution in [0, 0.1) is 0 Å². The number of hydrogen-bond donors (Lipinski definition) is 2. The molecule has 1 amide bonds. The van der Waals surface area contributed by atoms with Crippen molar-refractivity contribution in [2.24, 2.45) is 0 Å². The summed E-state index contributed by atoms with van der Waals surface area (Å²) in [5.41, 5.74) is 0.381. The molecule has 1 fully saturated rings. The predicted octanol–water partition coefficient (Wildman–Crippen LogP) is 1.13. The van der Waals surface area contributed by atoms with E-state index >= 15 is 0 Å². The molecule has 0 spiro atoms. The quantitative estimate of drug-likeness (QED) is 0.869. The van der Waals surface area contributed by atoms with Crippen LogP contribution in [0.1, 0.15) is 30.6 Å². The van der Waals surface area contributed by atoms with Crippen LogP contribution in [0.25, 0.3) is 0 Å². The number of rotatable bonds is 4.